The zero-order valence-corrected chi connectivity index (χ0v) is 13.0. The number of benzene rings is 2. The zero-order chi connectivity index (χ0) is 15.9. The lowest BCUT2D eigenvalue weighted by atomic mass is 10.1. The van der Waals surface area contributed by atoms with Gasteiger partial charge in [-0.2, -0.15) is 0 Å². The average Bonchev–Trinajstić information content (AvgIpc) is 3.06. The standard InChI is InChI=1S/C18H19N3O2/c1-19-11-12-22-16-9-7-14(8-10-16)13-17-20-21-18(23-17)15-5-3-2-4-6-15/h2-10,19H,11-13H2,1H3. The molecule has 0 radical (unpaired) electrons. The fourth-order valence-corrected chi connectivity index (χ4v) is 2.17. The maximum atomic E-state index is 5.72. The van der Waals surface area contributed by atoms with Crippen LogP contribution in [0.5, 0.6) is 5.75 Å². The van der Waals surface area contributed by atoms with Crippen LogP contribution in [0.2, 0.25) is 0 Å². The summed E-state index contributed by atoms with van der Waals surface area (Å²) in [4.78, 5) is 0. The van der Waals surface area contributed by atoms with Crippen LogP contribution in [0.3, 0.4) is 0 Å². The van der Waals surface area contributed by atoms with Crippen molar-refractivity contribution in [3.63, 3.8) is 0 Å². The summed E-state index contributed by atoms with van der Waals surface area (Å²) in [6.45, 7) is 1.48. The van der Waals surface area contributed by atoms with Gasteiger partial charge in [0.25, 0.3) is 0 Å². The number of nitrogens with zero attached hydrogens (tertiary/aromatic N) is 2. The summed E-state index contributed by atoms with van der Waals surface area (Å²) < 4.78 is 11.3. The summed E-state index contributed by atoms with van der Waals surface area (Å²) >= 11 is 0. The number of ether oxygens (including phenoxy) is 1. The highest BCUT2D eigenvalue weighted by Gasteiger charge is 2.08. The lowest BCUT2D eigenvalue weighted by Crippen LogP contribution is -2.15. The predicted molar refractivity (Wildman–Crippen MR) is 88.4 cm³/mol. The summed E-state index contributed by atoms with van der Waals surface area (Å²) in [6, 6.07) is 17.7. The first-order valence-electron chi connectivity index (χ1n) is 7.59. The molecule has 0 saturated carbocycles. The number of hydrogen-bond acceptors (Lipinski definition) is 5. The molecule has 0 atom stereocenters. The summed E-state index contributed by atoms with van der Waals surface area (Å²) in [5.41, 5.74) is 2.04. The Morgan fingerprint density at radius 2 is 1.78 bits per heavy atom. The van der Waals surface area contributed by atoms with Gasteiger partial charge in [0.1, 0.15) is 12.4 Å². The number of hydrogen-bond donors (Lipinski definition) is 1. The number of nitrogens with one attached hydrogen (secondary N) is 1. The molecule has 0 amide bonds. The van der Waals surface area contributed by atoms with E-state index in [2.05, 4.69) is 15.5 Å². The first-order chi connectivity index (χ1) is 11.3. The lowest BCUT2D eigenvalue weighted by Gasteiger charge is -2.06. The third-order valence-corrected chi connectivity index (χ3v) is 3.39. The minimum Gasteiger partial charge on any atom is -0.492 e. The van der Waals surface area contributed by atoms with E-state index in [1.54, 1.807) is 0 Å². The Hall–Kier alpha value is -2.66. The molecule has 23 heavy (non-hydrogen) atoms. The number of rotatable bonds is 7. The smallest absolute Gasteiger partial charge is 0.247 e. The van der Waals surface area contributed by atoms with E-state index >= 15 is 0 Å². The Morgan fingerprint density at radius 1 is 1.00 bits per heavy atom. The molecule has 0 bridgehead atoms. The minimum atomic E-state index is 0.549. The molecule has 1 aromatic heterocycles. The Labute approximate surface area is 135 Å². The summed E-state index contributed by atoms with van der Waals surface area (Å²) in [5.74, 6) is 2.01. The van der Waals surface area contributed by atoms with E-state index < -0.39 is 0 Å². The number of aromatic nitrogens is 2. The molecule has 5 nitrogen and oxygen atoms in total. The Balaban J connectivity index is 1.62. The average molecular weight is 309 g/mol. The van der Waals surface area contributed by atoms with E-state index in [9.17, 15) is 0 Å². The van der Waals surface area contributed by atoms with Crippen molar-refractivity contribution in [3.8, 4) is 17.2 Å². The summed E-state index contributed by atoms with van der Waals surface area (Å²) in [7, 11) is 1.90. The molecule has 118 valence electrons. The van der Waals surface area contributed by atoms with Crippen molar-refractivity contribution >= 4 is 0 Å². The molecule has 0 aliphatic carbocycles. The van der Waals surface area contributed by atoms with Crippen molar-refractivity contribution in [2.24, 2.45) is 0 Å². The molecular formula is C18H19N3O2. The van der Waals surface area contributed by atoms with Crippen molar-refractivity contribution in [1.29, 1.82) is 0 Å². The van der Waals surface area contributed by atoms with Crippen LogP contribution >= 0.6 is 0 Å². The van der Waals surface area contributed by atoms with Crippen LogP contribution in [0.25, 0.3) is 11.5 Å². The summed E-state index contributed by atoms with van der Waals surface area (Å²) in [5, 5.41) is 11.3. The molecule has 0 unspecified atom stereocenters. The highest BCUT2D eigenvalue weighted by atomic mass is 16.5. The second kappa shape index (κ2) is 7.56. The third kappa shape index (κ3) is 4.17. The van der Waals surface area contributed by atoms with Gasteiger partial charge in [-0.05, 0) is 36.9 Å². The maximum Gasteiger partial charge on any atom is 0.247 e. The van der Waals surface area contributed by atoms with E-state index in [0.29, 0.717) is 24.8 Å². The molecule has 1 N–H and O–H groups in total. The Bertz CT molecular complexity index is 724. The molecular weight excluding hydrogens is 290 g/mol. The second-order valence-corrected chi connectivity index (χ2v) is 5.14. The first kappa shape index (κ1) is 15.2. The van der Waals surface area contributed by atoms with Crippen LogP contribution in [0.4, 0.5) is 0 Å². The van der Waals surface area contributed by atoms with Crippen molar-refractivity contribution in [1.82, 2.24) is 15.5 Å². The molecule has 3 aromatic rings. The fraction of sp³-hybridized carbons (Fsp3) is 0.222. The topological polar surface area (TPSA) is 60.2 Å². The molecule has 0 spiro atoms. The van der Waals surface area contributed by atoms with Gasteiger partial charge in [0, 0.05) is 12.1 Å². The van der Waals surface area contributed by atoms with Crippen LogP contribution in [0, 0.1) is 0 Å². The van der Waals surface area contributed by atoms with Crippen LogP contribution in [-0.4, -0.2) is 30.4 Å². The molecule has 0 fully saturated rings. The predicted octanol–water partition coefficient (Wildman–Crippen LogP) is 2.93. The van der Waals surface area contributed by atoms with Gasteiger partial charge in [-0.15, -0.1) is 10.2 Å². The van der Waals surface area contributed by atoms with Gasteiger partial charge in [-0.1, -0.05) is 30.3 Å². The van der Waals surface area contributed by atoms with E-state index in [0.717, 1.165) is 23.4 Å². The normalized spacial score (nSPS) is 10.7. The lowest BCUT2D eigenvalue weighted by molar-refractivity contribution is 0.318. The maximum absolute atomic E-state index is 5.72. The van der Waals surface area contributed by atoms with Gasteiger partial charge in [0.2, 0.25) is 11.8 Å². The van der Waals surface area contributed by atoms with E-state index in [-0.39, 0.29) is 0 Å². The van der Waals surface area contributed by atoms with Crippen LogP contribution < -0.4 is 10.1 Å². The van der Waals surface area contributed by atoms with Crippen molar-refractivity contribution < 1.29 is 9.15 Å². The van der Waals surface area contributed by atoms with Gasteiger partial charge in [0.15, 0.2) is 0 Å². The molecule has 3 rings (SSSR count). The molecule has 5 heteroatoms. The molecule has 2 aromatic carbocycles. The summed E-state index contributed by atoms with van der Waals surface area (Å²) in [6.07, 6.45) is 0.608. The molecule has 0 aliphatic heterocycles. The van der Waals surface area contributed by atoms with Crippen molar-refractivity contribution in [3.05, 3.63) is 66.1 Å². The Morgan fingerprint density at radius 3 is 2.52 bits per heavy atom. The van der Waals surface area contributed by atoms with Crippen molar-refractivity contribution in [2.75, 3.05) is 20.2 Å². The van der Waals surface area contributed by atoms with Crippen molar-refractivity contribution in [2.45, 2.75) is 6.42 Å². The van der Waals surface area contributed by atoms with Gasteiger partial charge in [0.05, 0.1) is 6.42 Å². The monoisotopic (exact) mass is 309 g/mol. The SMILES string of the molecule is CNCCOc1ccc(Cc2nnc(-c3ccccc3)o2)cc1. The zero-order valence-electron chi connectivity index (χ0n) is 13.0. The first-order valence-corrected chi connectivity index (χ1v) is 7.59. The quantitative estimate of drug-likeness (QED) is 0.680. The Kier molecular flexibility index (Phi) is 5.01. The van der Waals surface area contributed by atoms with Crippen LogP contribution in [0.15, 0.2) is 59.0 Å². The van der Waals surface area contributed by atoms with E-state index in [1.807, 2.05) is 61.6 Å². The van der Waals surface area contributed by atoms with Gasteiger partial charge in [-0.25, -0.2) is 0 Å². The highest BCUT2D eigenvalue weighted by molar-refractivity contribution is 5.51. The van der Waals surface area contributed by atoms with E-state index in [1.165, 1.54) is 0 Å². The second-order valence-electron chi connectivity index (χ2n) is 5.14. The number of likely N-dealkylation sites (N-methyl/N-ethyl adjacent to an activating group) is 1. The molecule has 0 aliphatic rings. The van der Waals surface area contributed by atoms with Gasteiger partial charge < -0.3 is 14.5 Å². The highest BCUT2D eigenvalue weighted by Crippen LogP contribution is 2.19. The third-order valence-electron chi connectivity index (χ3n) is 3.39. The van der Waals surface area contributed by atoms with Crippen LogP contribution in [0.1, 0.15) is 11.5 Å². The fourth-order valence-electron chi connectivity index (χ4n) is 2.17. The van der Waals surface area contributed by atoms with Gasteiger partial charge in [-0.3, -0.25) is 0 Å². The molecule has 0 saturated heterocycles. The molecule has 1 heterocycles. The largest absolute Gasteiger partial charge is 0.492 e. The minimum absolute atomic E-state index is 0.549. The van der Waals surface area contributed by atoms with E-state index in [4.69, 9.17) is 9.15 Å². The van der Waals surface area contributed by atoms with Crippen LogP contribution in [-0.2, 0) is 6.42 Å². The van der Waals surface area contributed by atoms with Gasteiger partial charge >= 0.3 is 0 Å².